The highest BCUT2D eigenvalue weighted by atomic mass is 32.1. The lowest BCUT2D eigenvalue weighted by molar-refractivity contribution is 0.0711. The molecule has 136 valence electrons. The van der Waals surface area contributed by atoms with Gasteiger partial charge in [0.25, 0.3) is 5.91 Å². The molecule has 0 aliphatic heterocycles. The van der Waals surface area contributed by atoms with Crippen LogP contribution in [0.25, 0.3) is 21.5 Å². The Balaban J connectivity index is 1.58. The number of benzene rings is 2. The summed E-state index contributed by atoms with van der Waals surface area (Å²) in [5.74, 6) is -0.160. The van der Waals surface area contributed by atoms with Crippen LogP contribution in [0.5, 0.6) is 0 Å². The van der Waals surface area contributed by atoms with Crippen molar-refractivity contribution in [3.63, 3.8) is 0 Å². The molecule has 4 nitrogen and oxygen atoms in total. The first-order chi connectivity index (χ1) is 13.0. The van der Waals surface area contributed by atoms with Gasteiger partial charge >= 0.3 is 0 Å². The normalized spacial score (nSPS) is 12.3. The van der Waals surface area contributed by atoms with Gasteiger partial charge in [-0.2, -0.15) is 0 Å². The lowest BCUT2D eigenvalue weighted by atomic mass is 10.1. The minimum Gasteiger partial charge on any atom is -0.451 e. The molecular weight excluding hydrogens is 363 g/mol. The number of hydrogen-bond acceptors (Lipinski definition) is 4. The molecule has 0 spiro atoms. The topological polar surface area (TPSA) is 46.3 Å². The third-order valence-electron chi connectivity index (χ3n) is 4.53. The van der Waals surface area contributed by atoms with Crippen molar-refractivity contribution in [2.75, 3.05) is 7.05 Å². The lowest BCUT2D eigenvalue weighted by Gasteiger charge is -2.22. The molecule has 1 amide bonds. The number of halogens is 1. The van der Waals surface area contributed by atoms with Crippen LogP contribution in [0, 0.1) is 5.82 Å². The first-order valence-electron chi connectivity index (χ1n) is 8.52. The van der Waals surface area contributed by atoms with E-state index in [-0.39, 0.29) is 23.5 Å². The number of para-hydroxylation sites is 1. The maximum absolute atomic E-state index is 13.9. The first kappa shape index (κ1) is 17.4. The first-order valence-corrected chi connectivity index (χ1v) is 9.33. The number of hydrogen-bond donors (Lipinski definition) is 0. The van der Waals surface area contributed by atoms with Gasteiger partial charge in [0, 0.05) is 7.05 Å². The third kappa shape index (κ3) is 3.24. The van der Waals surface area contributed by atoms with Gasteiger partial charge in [0.2, 0.25) is 0 Å². The van der Waals surface area contributed by atoms with Crippen LogP contribution in [0.1, 0.15) is 28.5 Å². The predicted molar refractivity (Wildman–Crippen MR) is 104 cm³/mol. The van der Waals surface area contributed by atoms with Crippen molar-refractivity contribution in [1.29, 1.82) is 0 Å². The van der Waals surface area contributed by atoms with E-state index in [1.807, 2.05) is 31.2 Å². The highest BCUT2D eigenvalue weighted by Gasteiger charge is 2.24. The number of aromatic nitrogens is 1. The second-order valence-electron chi connectivity index (χ2n) is 6.26. The van der Waals surface area contributed by atoms with E-state index in [1.165, 1.54) is 6.07 Å². The van der Waals surface area contributed by atoms with Gasteiger partial charge in [-0.3, -0.25) is 4.79 Å². The van der Waals surface area contributed by atoms with E-state index in [0.717, 1.165) is 15.2 Å². The summed E-state index contributed by atoms with van der Waals surface area (Å²) in [6.07, 6.45) is 0. The number of fused-ring (bicyclic) bond motifs is 1. The van der Waals surface area contributed by atoms with Crippen LogP contribution in [0.2, 0.25) is 0 Å². The molecule has 0 radical (unpaired) electrons. The van der Waals surface area contributed by atoms with Crippen LogP contribution in [0.3, 0.4) is 0 Å². The lowest BCUT2D eigenvalue weighted by Crippen LogP contribution is -2.29. The smallest absolute Gasteiger partial charge is 0.289 e. The molecular formula is C21H17FN2O2S. The minimum absolute atomic E-state index is 0.170. The second kappa shape index (κ2) is 6.96. The monoisotopic (exact) mass is 380 g/mol. The fourth-order valence-electron chi connectivity index (χ4n) is 2.84. The van der Waals surface area contributed by atoms with Gasteiger partial charge in [0.1, 0.15) is 16.6 Å². The molecule has 1 atom stereocenters. The van der Waals surface area contributed by atoms with Crippen molar-refractivity contribution in [2.24, 2.45) is 0 Å². The number of furan rings is 1. The maximum Gasteiger partial charge on any atom is 0.289 e. The molecule has 0 bridgehead atoms. The molecule has 4 aromatic rings. The van der Waals surface area contributed by atoms with Crippen LogP contribution in [-0.4, -0.2) is 22.8 Å². The van der Waals surface area contributed by atoms with Crippen molar-refractivity contribution in [1.82, 2.24) is 9.88 Å². The molecule has 0 fully saturated rings. The highest BCUT2D eigenvalue weighted by Crippen LogP contribution is 2.30. The van der Waals surface area contributed by atoms with Gasteiger partial charge < -0.3 is 9.32 Å². The highest BCUT2D eigenvalue weighted by molar-refractivity contribution is 7.18. The van der Waals surface area contributed by atoms with Gasteiger partial charge in [-0.25, -0.2) is 9.37 Å². The van der Waals surface area contributed by atoms with E-state index in [9.17, 15) is 9.18 Å². The Morgan fingerprint density at radius 2 is 1.85 bits per heavy atom. The summed E-state index contributed by atoms with van der Waals surface area (Å²) in [6, 6.07) is 17.2. The molecule has 0 N–H and O–H groups in total. The Kier molecular flexibility index (Phi) is 4.49. The molecule has 0 aliphatic carbocycles. The minimum atomic E-state index is -0.387. The predicted octanol–water partition coefficient (Wildman–Crippen LogP) is 5.53. The number of thiazole rings is 1. The van der Waals surface area contributed by atoms with Crippen molar-refractivity contribution < 1.29 is 13.6 Å². The van der Waals surface area contributed by atoms with Crippen molar-refractivity contribution in [2.45, 2.75) is 13.0 Å². The SMILES string of the molecule is C[C@@H](c1nc2ccccc2s1)N(C)C(=O)c1ccc(-c2ccccc2F)o1. The number of amides is 1. The molecule has 0 saturated carbocycles. The average Bonchev–Trinajstić information content (AvgIpc) is 3.33. The van der Waals surface area contributed by atoms with Crippen LogP contribution in [-0.2, 0) is 0 Å². The quantitative estimate of drug-likeness (QED) is 0.468. The molecule has 6 heteroatoms. The summed E-state index contributed by atoms with van der Waals surface area (Å²) in [6.45, 7) is 1.93. The van der Waals surface area contributed by atoms with Crippen molar-refractivity contribution in [3.8, 4) is 11.3 Å². The molecule has 2 aromatic heterocycles. The van der Waals surface area contributed by atoms with E-state index in [4.69, 9.17) is 4.42 Å². The Labute approximate surface area is 159 Å². The molecule has 0 aliphatic rings. The van der Waals surface area contributed by atoms with Gasteiger partial charge in [-0.15, -0.1) is 11.3 Å². The van der Waals surface area contributed by atoms with E-state index < -0.39 is 0 Å². The Hall–Kier alpha value is -2.99. The Bertz CT molecular complexity index is 1090. The molecule has 2 aromatic carbocycles. The van der Waals surface area contributed by atoms with Crippen molar-refractivity contribution >= 4 is 27.5 Å². The Morgan fingerprint density at radius 3 is 2.63 bits per heavy atom. The van der Waals surface area contributed by atoms with Crippen LogP contribution < -0.4 is 0 Å². The number of carbonyl (C=O) groups is 1. The number of carbonyl (C=O) groups excluding carboxylic acids is 1. The van der Waals surface area contributed by atoms with Gasteiger partial charge in [-0.1, -0.05) is 24.3 Å². The average molecular weight is 380 g/mol. The van der Waals surface area contributed by atoms with E-state index in [2.05, 4.69) is 4.98 Å². The van der Waals surface area contributed by atoms with Crippen LogP contribution >= 0.6 is 11.3 Å². The molecule has 0 unspecified atom stereocenters. The van der Waals surface area contributed by atoms with Crippen LogP contribution in [0.15, 0.2) is 65.1 Å². The zero-order chi connectivity index (χ0) is 19.0. The summed E-state index contributed by atoms with van der Waals surface area (Å²) >= 11 is 1.57. The largest absolute Gasteiger partial charge is 0.451 e. The molecule has 27 heavy (non-hydrogen) atoms. The van der Waals surface area contributed by atoms with E-state index >= 15 is 0 Å². The zero-order valence-electron chi connectivity index (χ0n) is 14.8. The summed E-state index contributed by atoms with van der Waals surface area (Å²) in [5.41, 5.74) is 1.25. The van der Waals surface area contributed by atoms with Crippen LogP contribution in [0.4, 0.5) is 4.39 Å². The maximum atomic E-state index is 13.9. The van der Waals surface area contributed by atoms with Gasteiger partial charge in [0.05, 0.1) is 21.8 Å². The summed E-state index contributed by atoms with van der Waals surface area (Å²) in [4.78, 5) is 19.0. The van der Waals surface area contributed by atoms with Gasteiger partial charge in [-0.05, 0) is 43.3 Å². The third-order valence-corrected chi connectivity index (χ3v) is 5.73. The fourth-order valence-corrected chi connectivity index (χ4v) is 3.91. The van der Waals surface area contributed by atoms with E-state index in [0.29, 0.717) is 11.3 Å². The summed E-state index contributed by atoms with van der Waals surface area (Å²) in [5, 5.41) is 0.855. The van der Waals surface area contributed by atoms with Gasteiger partial charge in [0.15, 0.2) is 5.76 Å². The Morgan fingerprint density at radius 1 is 1.11 bits per heavy atom. The standard InChI is InChI=1S/C21H17FN2O2S/c1-13(20-23-16-9-5-6-10-19(16)27-20)24(2)21(25)18-12-11-17(26-18)14-7-3-4-8-15(14)22/h3-13H,1-2H3/t13-/m0/s1. The zero-order valence-corrected chi connectivity index (χ0v) is 15.7. The summed E-state index contributed by atoms with van der Waals surface area (Å²) in [7, 11) is 1.71. The molecule has 0 saturated heterocycles. The number of nitrogens with zero attached hydrogens (tertiary/aromatic N) is 2. The second-order valence-corrected chi connectivity index (χ2v) is 7.32. The molecule has 4 rings (SSSR count). The fraction of sp³-hybridized carbons (Fsp3) is 0.143. The van der Waals surface area contributed by atoms with Crippen molar-refractivity contribution in [3.05, 3.63) is 77.2 Å². The number of rotatable bonds is 4. The van der Waals surface area contributed by atoms with E-state index in [1.54, 1.807) is 53.6 Å². The molecule has 2 heterocycles. The summed E-state index contributed by atoms with van der Waals surface area (Å²) < 4.78 is 20.6.